The lowest BCUT2D eigenvalue weighted by molar-refractivity contribution is -0.143. The molecule has 3 N–H and O–H groups in total. The van der Waals surface area contributed by atoms with E-state index in [1.165, 1.54) is 13.2 Å². The van der Waals surface area contributed by atoms with Crippen molar-refractivity contribution in [3.63, 3.8) is 0 Å². The number of aryl methyl sites for hydroxylation is 1. The van der Waals surface area contributed by atoms with Gasteiger partial charge in [-0.05, 0) is 31.0 Å². The molecule has 0 bridgehead atoms. The zero-order valence-corrected chi connectivity index (χ0v) is 10.9. The average molecular weight is 254 g/mol. The number of rotatable bonds is 5. The first-order chi connectivity index (χ1) is 8.49. The Bertz CT molecular complexity index is 423. The van der Waals surface area contributed by atoms with Crippen molar-refractivity contribution in [2.75, 3.05) is 13.7 Å². The van der Waals surface area contributed by atoms with E-state index in [4.69, 9.17) is 5.73 Å². The summed E-state index contributed by atoms with van der Waals surface area (Å²) in [6.07, 6.45) is 0. The van der Waals surface area contributed by atoms with Crippen molar-refractivity contribution >= 4 is 5.97 Å². The fourth-order valence-electron chi connectivity index (χ4n) is 1.65. The van der Waals surface area contributed by atoms with Crippen molar-refractivity contribution in [1.29, 1.82) is 0 Å². The molecule has 5 heteroatoms. The van der Waals surface area contributed by atoms with Crippen LogP contribution in [0.25, 0.3) is 0 Å². The summed E-state index contributed by atoms with van der Waals surface area (Å²) < 4.78 is 18.1. The second-order valence-corrected chi connectivity index (χ2v) is 4.21. The van der Waals surface area contributed by atoms with Crippen molar-refractivity contribution in [2.24, 2.45) is 5.73 Å². The summed E-state index contributed by atoms with van der Waals surface area (Å²) in [5, 5.41) is 3.01. The van der Waals surface area contributed by atoms with Crippen LogP contribution in [0.4, 0.5) is 4.39 Å². The number of ether oxygens (including phenoxy) is 1. The number of esters is 1. The van der Waals surface area contributed by atoms with E-state index in [2.05, 4.69) is 10.1 Å². The van der Waals surface area contributed by atoms with E-state index in [0.29, 0.717) is 5.56 Å². The molecule has 0 spiro atoms. The Morgan fingerprint density at radius 1 is 1.56 bits per heavy atom. The molecule has 0 aliphatic carbocycles. The first-order valence-electron chi connectivity index (χ1n) is 5.79. The molecule has 100 valence electrons. The van der Waals surface area contributed by atoms with Crippen LogP contribution in [0.3, 0.4) is 0 Å². The summed E-state index contributed by atoms with van der Waals surface area (Å²) in [6.45, 7) is 3.68. The summed E-state index contributed by atoms with van der Waals surface area (Å²) in [7, 11) is 1.31. The van der Waals surface area contributed by atoms with Crippen LogP contribution in [0, 0.1) is 12.7 Å². The second kappa shape index (κ2) is 6.47. The van der Waals surface area contributed by atoms with Gasteiger partial charge < -0.3 is 10.5 Å². The van der Waals surface area contributed by atoms with Crippen molar-refractivity contribution in [3.05, 3.63) is 35.1 Å². The number of halogens is 1. The Hall–Kier alpha value is -1.46. The summed E-state index contributed by atoms with van der Waals surface area (Å²) in [5.41, 5.74) is 6.85. The zero-order valence-electron chi connectivity index (χ0n) is 10.9. The number of methoxy groups -OCH3 is 1. The third-order valence-electron chi connectivity index (χ3n) is 2.87. The van der Waals surface area contributed by atoms with E-state index in [1.807, 2.05) is 13.0 Å². The van der Waals surface area contributed by atoms with Gasteiger partial charge in [-0.3, -0.25) is 10.1 Å². The van der Waals surface area contributed by atoms with Crippen molar-refractivity contribution < 1.29 is 13.9 Å². The Balaban J connectivity index is 2.77. The fourth-order valence-corrected chi connectivity index (χ4v) is 1.65. The highest BCUT2D eigenvalue weighted by Crippen LogP contribution is 2.16. The molecule has 0 heterocycles. The fraction of sp³-hybridized carbons (Fsp3) is 0.462. The molecule has 0 saturated heterocycles. The molecule has 0 aliphatic heterocycles. The number of hydrogen-bond donors (Lipinski definition) is 2. The third kappa shape index (κ3) is 3.51. The number of nitrogens with one attached hydrogen (secondary N) is 1. The highest BCUT2D eigenvalue weighted by molar-refractivity contribution is 5.75. The summed E-state index contributed by atoms with van der Waals surface area (Å²) in [5.74, 6) is -0.680. The lowest BCUT2D eigenvalue weighted by atomic mass is 10.1. The number of nitrogens with two attached hydrogens (primary N) is 1. The van der Waals surface area contributed by atoms with Gasteiger partial charge in [0, 0.05) is 12.6 Å². The molecule has 1 rings (SSSR count). The SMILES string of the molecule is COC(=O)C(CN)NC(C)c1ccc(C)c(F)c1. The maximum absolute atomic E-state index is 13.4. The Morgan fingerprint density at radius 3 is 2.72 bits per heavy atom. The summed E-state index contributed by atoms with van der Waals surface area (Å²) in [6, 6.07) is 4.21. The van der Waals surface area contributed by atoms with Gasteiger partial charge in [-0.2, -0.15) is 0 Å². The molecule has 1 aromatic carbocycles. The smallest absolute Gasteiger partial charge is 0.324 e. The van der Waals surface area contributed by atoms with E-state index >= 15 is 0 Å². The highest BCUT2D eigenvalue weighted by Gasteiger charge is 2.20. The van der Waals surface area contributed by atoms with Gasteiger partial charge in [-0.15, -0.1) is 0 Å². The van der Waals surface area contributed by atoms with Crippen LogP contribution in [0.15, 0.2) is 18.2 Å². The quantitative estimate of drug-likeness (QED) is 0.777. The molecule has 0 aliphatic rings. The van der Waals surface area contributed by atoms with E-state index in [1.54, 1.807) is 13.0 Å². The number of carbonyl (C=O) groups is 1. The monoisotopic (exact) mass is 254 g/mol. The molecule has 18 heavy (non-hydrogen) atoms. The van der Waals surface area contributed by atoms with Crippen molar-refractivity contribution in [2.45, 2.75) is 25.9 Å². The standard InChI is InChI=1S/C13H19FN2O2/c1-8-4-5-10(6-11(8)14)9(2)16-12(7-15)13(17)18-3/h4-6,9,12,16H,7,15H2,1-3H3. The van der Waals surface area contributed by atoms with Crippen LogP contribution in [-0.4, -0.2) is 25.7 Å². The van der Waals surface area contributed by atoms with Crippen molar-refractivity contribution in [1.82, 2.24) is 5.32 Å². The van der Waals surface area contributed by atoms with Crippen LogP contribution in [0.2, 0.25) is 0 Å². The summed E-state index contributed by atoms with van der Waals surface area (Å²) in [4.78, 5) is 11.4. The number of carbonyl (C=O) groups excluding carboxylic acids is 1. The number of hydrogen-bond acceptors (Lipinski definition) is 4. The molecule has 2 unspecified atom stereocenters. The molecule has 2 atom stereocenters. The maximum Gasteiger partial charge on any atom is 0.324 e. The molecule has 0 amide bonds. The second-order valence-electron chi connectivity index (χ2n) is 4.21. The van der Waals surface area contributed by atoms with E-state index in [0.717, 1.165) is 5.56 Å². The van der Waals surface area contributed by atoms with Crippen LogP contribution < -0.4 is 11.1 Å². The lowest BCUT2D eigenvalue weighted by Gasteiger charge is -2.20. The Morgan fingerprint density at radius 2 is 2.22 bits per heavy atom. The van der Waals surface area contributed by atoms with Gasteiger partial charge in [0.05, 0.1) is 7.11 Å². The molecule has 4 nitrogen and oxygen atoms in total. The van der Waals surface area contributed by atoms with Crippen LogP contribution in [-0.2, 0) is 9.53 Å². The van der Waals surface area contributed by atoms with Gasteiger partial charge in [0.2, 0.25) is 0 Å². The molecular formula is C13H19FN2O2. The zero-order chi connectivity index (χ0) is 13.7. The number of benzene rings is 1. The van der Waals surface area contributed by atoms with Crippen LogP contribution in [0.1, 0.15) is 24.1 Å². The minimum atomic E-state index is -0.589. The van der Waals surface area contributed by atoms with Crippen LogP contribution >= 0.6 is 0 Å². The minimum Gasteiger partial charge on any atom is -0.468 e. The largest absolute Gasteiger partial charge is 0.468 e. The van der Waals surface area contributed by atoms with Gasteiger partial charge in [0.25, 0.3) is 0 Å². The maximum atomic E-state index is 13.4. The molecule has 0 aromatic heterocycles. The van der Waals surface area contributed by atoms with Gasteiger partial charge in [-0.25, -0.2) is 4.39 Å². The highest BCUT2D eigenvalue weighted by atomic mass is 19.1. The lowest BCUT2D eigenvalue weighted by Crippen LogP contribution is -2.44. The van der Waals surface area contributed by atoms with Crippen LogP contribution in [0.5, 0.6) is 0 Å². The molecule has 0 radical (unpaired) electrons. The predicted molar refractivity (Wildman–Crippen MR) is 67.5 cm³/mol. The normalized spacial score (nSPS) is 14.1. The molecule has 0 saturated carbocycles. The average Bonchev–Trinajstić information content (AvgIpc) is 2.37. The van der Waals surface area contributed by atoms with E-state index in [-0.39, 0.29) is 18.4 Å². The van der Waals surface area contributed by atoms with E-state index in [9.17, 15) is 9.18 Å². The Kier molecular flexibility index (Phi) is 5.25. The van der Waals surface area contributed by atoms with Gasteiger partial charge in [0.1, 0.15) is 11.9 Å². The van der Waals surface area contributed by atoms with Crippen molar-refractivity contribution in [3.8, 4) is 0 Å². The van der Waals surface area contributed by atoms with E-state index < -0.39 is 12.0 Å². The molecular weight excluding hydrogens is 235 g/mol. The van der Waals surface area contributed by atoms with Gasteiger partial charge in [0.15, 0.2) is 0 Å². The topological polar surface area (TPSA) is 64.3 Å². The predicted octanol–water partition coefficient (Wildman–Crippen LogP) is 1.29. The van der Waals surface area contributed by atoms with Gasteiger partial charge in [-0.1, -0.05) is 12.1 Å². The minimum absolute atomic E-state index is 0.130. The van der Waals surface area contributed by atoms with Gasteiger partial charge >= 0.3 is 5.97 Å². The first-order valence-corrected chi connectivity index (χ1v) is 5.79. The first kappa shape index (κ1) is 14.6. The molecule has 0 fully saturated rings. The Labute approximate surface area is 106 Å². The summed E-state index contributed by atoms with van der Waals surface area (Å²) >= 11 is 0. The third-order valence-corrected chi connectivity index (χ3v) is 2.87. The molecule has 1 aromatic rings.